The second kappa shape index (κ2) is 19.8. The number of nitrogens with one attached hydrogen (secondary N) is 4. The first-order valence-electron chi connectivity index (χ1n) is 13.9. The first kappa shape index (κ1) is 32.7. The average Bonchev–Trinajstić information content (AvgIpc) is 2.89. The molecule has 0 unspecified atom stereocenters. The van der Waals surface area contributed by atoms with Crippen molar-refractivity contribution in [3.8, 4) is 11.5 Å². The molecule has 4 N–H and O–H groups in total. The Hall–Kier alpha value is -3.30. The molecule has 0 fully saturated rings. The van der Waals surface area contributed by atoms with Crippen LogP contribution in [0, 0.1) is 0 Å². The van der Waals surface area contributed by atoms with Crippen LogP contribution >= 0.6 is 0 Å². The molecule has 0 bridgehead atoms. The van der Waals surface area contributed by atoms with Gasteiger partial charge in [-0.1, -0.05) is 78.1 Å². The number of amides is 4. The molecule has 38 heavy (non-hydrogen) atoms. The highest BCUT2D eigenvalue weighted by Crippen LogP contribution is 2.30. The number of hydrazine groups is 2. The van der Waals surface area contributed by atoms with E-state index in [2.05, 4.69) is 35.6 Å². The van der Waals surface area contributed by atoms with E-state index in [1.54, 1.807) is 0 Å². The van der Waals surface area contributed by atoms with Crippen LogP contribution in [0.25, 0.3) is 0 Å². The van der Waals surface area contributed by atoms with Gasteiger partial charge in [0.1, 0.15) is 11.5 Å². The Morgan fingerprint density at radius 2 is 0.921 bits per heavy atom. The Morgan fingerprint density at radius 1 is 0.553 bits per heavy atom. The summed E-state index contributed by atoms with van der Waals surface area (Å²) in [6, 6.07) is 2.88. The maximum absolute atomic E-state index is 12.9. The van der Waals surface area contributed by atoms with Crippen molar-refractivity contribution in [2.75, 3.05) is 13.2 Å². The molecule has 0 aliphatic heterocycles. The highest BCUT2D eigenvalue weighted by molar-refractivity contribution is 6.04. The Kier molecular flexibility index (Phi) is 17.0. The number of ether oxygens (including phenoxy) is 2. The van der Waals surface area contributed by atoms with E-state index in [1.807, 2.05) is 0 Å². The summed E-state index contributed by atoms with van der Waals surface area (Å²) < 4.78 is 11.9. The summed E-state index contributed by atoms with van der Waals surface area (Å²) in [4.78, 5) is 48.4. The number of hydrogen-bond donors (Lipinski definition) is 4. The lowest BCUT2D eigenvalue weighted by Crippen LogP contribution is -2.41. The van der Waals surface area contributed by atoms with Crippen LogP contribution in [0.3, 0.4) is 0 Å². The quantitative estimate of drug-likeness (QED) is 0.159. The Labute approximate surface area is 226 Å². The van der Waals surface area contributed by atoms with Gasteiger partial charge in [0.25, 0.3) is 11.8 Å². The number of carbonyl (C=O) groups excluding carboxylic acids is 4. The van der Waals surface area contributed by atoms with E-state index < -0.39 is 23.6 Å². The van der Waals surface area contributed by atoms with E-state index in [-0.39, 0.29) is 22.6 Å². The first-order valence-corrected chi connectivity index (χ1v) is 13.9. The lowest BCUT2D eigenvalue weighted by atomic mass is 10.1. The normalized spacial score (nSPS) is 10.4. The number of carbonyl (C=O) groups is 4. The summed E-state index contributed by atoms with van der Waals surface area (Å²) >= 11 is 0. The molecule has 0 aliphatic rings. The summed E-state index contributed by atoms with van der Waals surface area (Å²) in [5.74, 6) is -1.69. The van der Waals surface area contributed by atoms with Gasteiger partial charge in [-0.3, -0.25) is 40.9 Å². The third kappa shape index (κ3) is 13.9. The van der Waals surface area contributed by atoms with E-state index in [1.165, 1.54) is 64.5 Å². The monoisotopic (exact) mass is 534 g/mol. The fourth-order valence-electron chi connectivity index (χ4n) is 3.71. The lowest BCUT2D eigenvalue weighted by molar-refractivity contribution is -0.120. The number of hydrogen-bond acceptors (Lipinski definition) is 6. The fourth-order valence-corrected chi connectivity index (χ4v) is 3.71. The van der Waals surface area contributed by atoms with Crippen molar-refractivity contribution in [2.45, 2.75) is 105 Å². The van der Waals surface area contributed by atoms with Crippen molar-refractivity contribution in [2.24, 2.45) is 0 Å². The summed E-state index contributed by atoms with van der Waals surface area (Å²) in [6.45, 7) is 7.65. The van der Waals surface area contributed by atoms with Crippen molar-refractivity contribution in [3.63, 3.8) is 0 Å². The van der Waals surface area contributed by atoms with Crippen molar-refractivity contribution in [1.29, 1.82) is 0 Å². The second-order valence-electron chi connectivity index (χ2n) is 9.35. The molecule has 0 saturated carbocycles. The molecule has 1 aromatic carbocycles. The minimum atomic E-state index is -0.644. The largest absolute Gasteiger partial charge is 0.493 e. The van der Waals surface area contributed by atoms with E-state index in [9.17, 15) is 19.2 Å². The highest BCUT2D eigenvalue weighted by atomic mass is 16.5. The van der Waals surface area contributed by atoms with Gasteiger partial charge in [0.2, 0.25) is 11.8 Å². The molecule has 4 amide bonds. The zero-order valence-corrected chi connectivity index (χ0v) is 23.5. The summed E-state index contributed by atoms with van der Waals surface area (Å²) in [7, 11) is 0. The highest BCUT2D eigenvalue weighted by Gasteiger charge is 2.22. The van der Waals surface area contributed by atoms with Gasteiger partial charge in [-0.25, -0.2) is 0 Å². The van der Waals surface area contributed by atoms with Gasteiger partial charge >= 0.3 is 0 Å². The molecular weight excluding hydrogens is 488 g/mol. The van der Waals surface area contributed by atoms with Crippen LogP contribution in [0.1, 0.15) is 125 Å². The average molecular weight is 535 g/mol. The molecule has 0 radical (unpaired) electrons. The van der Waals surface area contributed by atoms with Gasteiger partial charge in [-0.05, 0) is 18.9 Å². The van der Waals surface area contributed by atoms with Crippen LogP contribution < -0.4 is 31.2 Å². The van der Waals surface area contributed by atoms with Crippen molar-refractivity contribution < 1.29 is 28.7 Å². The number of rotatable bonds is 18. The third-order valence-corrected chi connectivity index (χ3v) is 5.79. The first-order chi connectivity index (χ1) is 18.3. The van der Waals surface area contributed by atoms with Crippen molar-refractivity contribution in [3.05, 3.63) is 23.3 Å². The molecular formula is C28H46N4O6. The van der Waals surface area contributed by atoms with Gasteiger partial charge in [-0.15, -0.1) is 0 Å². The second-order valence-corrected chi connectivity index (χ2v) is 9.35. The maximum Gasteiger partial charge on any atom is 0.273 e. The number of benzene rings is 1. The molecule has 0 atom stereocenters. The Bertz CT molecular complexity index is 823. The van der Waals surface area contributed by atoms with Gasteiger partial charge in [0.15, 0.2) is 0 Å². The standard InChI is InChI=1S/C28H46N4O6/c1-5-7-9-11-13-15-17-37-25-20-26(38-18-16-14-12-10-8-6-2)24(28(36)32-30-22(4)34)19-23(25)27(35)31-29-21(3)33/h19-20H,5-18H2,1-4H3,(H,29,33)(H,30,34)(H,31,35)(H,32,36). The smallest absolute Gasteiger partial charge is 0.273 e. The van der Waals surface area contributed by atoms with E-state index >= 15 is 0 Å². The molecule has 0 saturated heterocycles. The van der Waals surface area contributed by atoms with Crippen LogP contribution in [0.5, 0.6) is 11.5 Å². The summed E-state index contributed by atoms with van der Waals surface area (Å²) in [5, 5.41) is 0. The molecule has 1 rings (SSSR count). The van der Waals surface area contributed by atoms with Crippen molar-refractivity contribution in [1.82, 2.24) is 21.7 Å². The topological polar surface area (TPSA) is 135 Å². The van der Waals surface area contributed by atoms with Crippen LogP contribution in [-0.4, -0.2) is 36.8 Å². The molecule has 10 nitrogen and oxygen atoms in total. The fraction of sp³-hybridized carbons (Fsp3) is 0.643. The Morgan fingerprint density at radius 3 is 1.29 bits per heavy atom. The molecule has 0 heterocycles. The SMILES string of the molecule is CCCCCCCCOc1cc(OCCCCCCCC)c(C(=O)NNC(C)=O)cc1C(=O)NNC(C)=O. The third-order valence-electron chi connectivity index (χ3n) is 5.79. The van der Waals surface area contributed by atoms with E-state index in [0.29, 0.717) is 13.2 Å². The van der Waals surface area contributed by atoms with Crippen LogP contribution in [-0.2, 0) is 9.59 Å². The van der Waals surface area contributed by atoms with Crippen LogP contribution in [0.4, 0.5) is 0 Å². The van der Waals surface area contributed by atoms with Gasteiger partial charge in [0, 0.05) is 19.9 Å². The van der Waals surface area contributed by atoms with Gasteiger partial charge < -0.3 is 9.47 Å². The Balaban J connectivity index is 3.11. The predicted octanol–water partition coefficient (Wildman–Crippen LogP) is 4.73. The van der Waals surface area contributed by atoms with Crippen LogP contribution in [0.15, 0.2) is 12.1 Å². The van der Waals surface area contributed by atoms with E-state index in [4.69, 9.17) is 9.47 Å². The zero-order valence-electron chi connectivity index (χ0n) is 23.5. The van der Waals surface area contributed by atoms with Gasteiger partial charge in [-0.2, -0.15) is 0 Å². The minimum absolute atomic E-state index is 0.0598. The molecule has 214 valence electrons. The van der Waals surface area contributed by atoms with E-state index in [0.717, 1.165) is 38.5 Å². The van der Waals surface area contributed by atoms with Crippen LogP contribution in [0.2, 0.25) is 0 Å². The molecule has 1 aromatic rings. The molecule has 0 spiro atoms. The van der Waals surface area contributed by atoms with Crippen molar-refractivity contribution >= 4 is 23.6 Å². The molecule has 0 aromatic heterocycles. The van der Waals surface area contributed by atoms with Gasteiger partial charge in [0.05, 0.1) is 24.3 Å². The number of unbranched alkanes of at least 4 members (excludes halogenated alkanes) is 10. The maximum atomic E-state index is 12.9. The summed E-state index contributed by atoms with van der Waals surface area (Å²) in [6.07, 6.45) is 13.0. The molecule has 0 aliphatic carbocycles. The minimum Gasteiger partial charge on any atom is -0.493 e. The summed E-state index contributed by atoms with van der Waals surface area (Å²) in [5.41, 5.74) is 9.25. The predicted molar refractivity (Wildman–Crippen MR) is 147 cm³/mol. The molecule has 10 heteroatoms. The lowest BCUT2D eigenvalue weighted by Gasteiger charge is -2.18. The zero-order chi connectivity index (χ0) is 28.2.